The molecule has 2 aromatic carbocycles. The van der Waals surface area contributed by atoms with Crippen LogP contribution in [0, 0.1) is 6.92 Å². The molecule has 0 fully saturated rings. The van der Waals surface area contributed by atoms with Crippen LogP contribution in [0.15, 0.2) is 68.8 Å². The van der Waals surface area contributed by atoms with E-state index in [0.29, 0.717) is 11.0 Å². The molecule has 0 aliphatic heterocycles. The van der Waals surface area contributed by atoms with Gasteiger partial charge in [0.2, 0.25) is 5.91 Å². The molecule has 0 saturated heterocycles. The van der Waals surface area contributed by atoms with E-state index >= 15 is 0 Å². The number of para-hydroxylation sites is 1. The summed E-state index contributed by atoms with van der Waals surface area (Å²) in [5, 5.41) is 3.09. The van der Waals surface area contributed by atoms with Gasteiger partial charge in [0.15, 0.2) is 5.76 Å². The summed E-state index contributed by atoms with van der Waals surface area (Å²) in [5.41, 5.74) is 2.79. The lowest BCUT2D eigenvalue weighted by atomic mass is 10.2. The number of aryl methyl sites for hydroxylation is 1. The summed E-state index contributed by atoms with van der Waals surface area (Å²) in [7, 11) is 0. The highest BCUT2D eigenvalue weighted by molar-refractivity contribution is 9.10. The summed E-state index contributed by atoms with van der Waals surface area (Å²) in [5.74, 6) is 0.594. The largest absolute Gasteiger partial charge is 0.431 e. The van der Waals surface area contributed by atoms with Gasteiger partial charge in [-0.3, -0.25) is 4.79 Å². The first-order valence-electron chi connectivity index (χ1n) is 7.78. The van der Waals surface area contributed by atoms with E-state index in [1.807, 2.05) is 62.4 Å². The molecule has 4 nitrogen and oxygen atoms in total. The number of hydrogen-bond acceptors (Lipinski definition) is 4. The topological polar surface area (TPSA) is 55.1 Å². The van der Waals surface area contributed by atoms with Gasteiger partial charge in [0.05, 0.1) is 11.4 Å². The van der Waals surface area contributed by atoms with Gasteiger partial charge in [0, 0.05) is 15.7 Å². The Balaban J connectivity index is 1.66. The molecular formula is C19H17BrN2O2S. The Bertz CT molecular complexity index is 894. The molecule has 1 heterocycles. The number of benzene rings is 2. The van der Waals surface area contributed by atoms with Crippen molar-refractivity contribution in [1.82, 2.24) is 4.98 Å². The molecule has 0 spiro atoms. The molecule has 0 aliphatic rings. The van der Waals surface area contributed by atoms with Crippen molar-refractivity contribution in [1.29, 1.82) is 0 Å². The van der Waals surface area contributed by atoms with Crippen molar-refractivity contribution in [2.45, 2.75) is 24.3 Å². The quantitative estimate of drug-likeness (QED) is 0.555. The first-order valence-corrected chi connectivity index (χ1v) is 9.45. The van der Waals surface area contributed by atoms with Gasteiger partial charge < -0.3 is 9.73 Å². The number of thioether (sulfide) groups is 1. The first kappa shape index (κ1) is 17.8. The number of nitrogens with one attached hydrogen (secondary N) is 1. The Labute approximate surface area is 159 Å². The second kappa shape index (κ2) is 7.89. The third-order valence-corrected chi connectivity index (χ3v) is 5.09. The smallest absolute Gasteiger partial charge is 0.256 e. The average molecular weight is 417 g/mol. The standard InChI is InChI=1S/C19H17BrN2O2S/c1-12-6-3-4-9-16(12)22-18(23)13(2)25-19-21-11-17(24-19)14-7-5-8-15(20)10-14/h3-11,13H,1-2H3,(H,22,23)/t13-/m1/s1. The van der Waals surface area contributed by atoms with Gasteiger partial charge in [-0.1, -0.05) is 58.0 Å². The number of aromatic nitrogens is 1. The lowest BCUT2D eigenvalue weighted by molar-refractivity contribution is -0.115. The first-order chi connectivity index (χ1) is 12.0. The molecule has 1 N–H and O–H groups in total. The van der Waals surface area contributed by atoms with Crippen molar-refractivity contribution >= 4 is 39.3 Å². The molecule has 1 atom stereocenters. The van der Waals surface area contributed by atoms with E-state index in [1.54, 1.807) is 6.20 Å². The molecule has 128 valence electrons. The van der Waals surface area contributed by atoms with Crippen LogP contribution in [0.1, 0.15) is 12.5 Å². The van der Waals surface area contributed by atoms with Crippen molar-refractivity contribution in [3.63, 3.8) is 0 Å². The summed E-state index contributed by atoms with van der Waals surface area (Å²) in [6.07, 6.45) is 1.68. The summed E-state index contributed by atoms with van der Waals surface area (Å²) in [6, 6.07) is 15.5. The van der Waals surface area contributed by atoms with Gasteiger partial charge in [0.25, 0.3) is 5.22 Å². The Kier molecular flexibility index (Phi) is 5.60. The normalized spacial score (nSPS) is 12.0. The van der Waals surface area contributed by atoms with Gasteiger partial charge in [-0.25, -0.2) is 4.98 Å². The number of amides is 1. The van der Waals surface area contributed by atoms with E-state index < -0.39 is 0 Å². The fraction of sp³-hybridized carbons (Fsp3) is 0.158. The third-order valence-electron chi connectivity index (χ3n) is 3.64. The molecule has 0 unspecified atom stereocenters. The minimum absolute atomic E-state index is 0.0819. The summed E-state index contributed by atoms with van der Waals surface area (Å²) < 4.78 is 6.74. The van der Waals surface area contributed by atoms with Gasteiger partial charge >= 0.3 is 0 Å². The fourth-order valence-electron chi connectivity index (χ4n) is 2.24. The maximum Gasteiger partial charge on any atom is 0.256 e. The van der Waals surface area contributed by atoms with Crippen molar-refractivity contribution in [3.8, 4) is 11.3 Å². The van der Waals surface area contributed by atoms with Crippen LogP contribution in [0.2, 0.25) is 0 Å². The zero-order valence-electron chi connectivity index (χ0n) is 13.8. The zero-order valence-corrected chi connectivity index (χ0v) is 16.2. The number of halogens is 1. The molecule has 1 aromatic heterocycles. The lowest BCUT2D eigenvalue weighted by Crippen LogP contribution is -2.22. The van der Waals surface area contributed by atoms with Gasteiger partial charge in [-0.05, 0) is 37.6 Å². The van der Waals surface area contributed by atoms with Crippen LogP contribution in [0.25, 0.3) is 11.3 Å². The number of hydrogen-bond donors (Lipinski definition) is 1. The molecule has 0 radical (unpaired) electrons. The highest BCUT2D eigenvalue weighted by atomic mass is 79.9. The number of carbonyl (C=O) groups excluding carboxylic acids is 1. The van der Waals surface area contributed by atoms with Crippen molar-refractivity contribution < 1.29 is 9.21 Å². The Hall–Kier alpha value is -2.05. The number of oxazole rings is 1. The van der Waals surface area contributed by atoms with Crippen LogP contribution in [-0.4, -0.2) is 16.1 Å². The second-order valence-electron chi connectivity index (χ2n) is 5.57. The minimum Gasteiger partial charge on any atom is -0.431 e. The van der Waals surface area contributed by atoms with E-state index in [-0.39, 0.29) is 11.2 Å². The van der Waals surface area contributed by atoms with Crippen molar-refractivity contribution in [2.24, 2.45) is 0 Å². The SMILES string of the molecule is Cc1ccccc1NC(=O)[C@@H](C)Sc1ncc(-c2cccc(Br)c2)o1. The van der Waals surface area contributed by atoms with E-state index in [4.69, 9.17) is 4.42 Å². The monoisotopic (exact) mass is 416 g/mol. The minimum atomic E-state index is -0.325. The van der Waals surface area contributed by atoms with E-state index in [2.05, 4.69) is 26.2 Å². The molecular weight excluding hydrogens is 400 g/mol. The molecule has 3 rings (SSSR count). The van der Waals surface area contributed by atoms with E-state index in [9.17, 15) is 4.79 Å². The van der Waals surface area contributed by atoms with Crippen molar-refractivity contribution in [3.05, 3.63) is 64.8 Å². The van der Waals surface area contributed by atoms with Crippen LogP contribution in [-0.2, 0) is 4.79 Å². The number of nitrogens with zero attached hydrogens (tertiary/aromatic N) is 1. The summed E-state index contributed by atoms with van der Waals surface area (Å²) >= 11 is 4.74. The Morgan fingerprint density at radius 3 is 2.80 bits per heavy atom. The van der Waals surface area contributed by atoms with Gasteiger partial charge in [-0.15, -0.1) is 0 Å². The highest BCUT2D eigenvalue weighted by Crippen LogP contribution is 2.29. The Morgan fingerprint density at radius 2 is 2.04 bits per heavy atom. The van der Waals surface area contributed by atoms with Crippen LogP contribution >= 0.6 is 27.7 Å². The average Bonchev–Trinajstić information content (AvgIpc) is 3.05. The predicted molar refractivity (Wildman–Crippen MR) is 105 cm³/mol. The van der Waals surface area contributed by atoms with Crippen LogP contribution < -0.4 is 5.32 Å². The number of carbonyl (C=O) groups is 1. The van der Waals surface area contributed by atoms with Gasteiger partial charge in [-0.2, -0.15) is 0 Å². The molecule has 6 heteroatoms. The molecule has 0 bridgehead atoms. The Morgan fingerprint density at radius 1 is 1.24 bits per heavy atom. The third kappa shape index (κ3) is 4.52. The molecule has 25 heavy (non-hydrogen) atoms. The maximum atomic E-state index is 12.4. The summed E-state index contributed by atoms with van der Waals surface area (Å²) in [6.45, 7) is 3.80. The molecule has 3 aromatic rings. The van der Waals surface area contributed by atoms with Gasteiger partial charge in [0.1, 0.15) is 0 Å². The number of rotatable bonds is 5. The van der Waals surface area contributed by atoms with Crippen LogP contribution in [0.3, 0.4) is 0 Å². The molecule has 1 amide bonds. The molecule has 0 saturated carbocycles. The highest BCUT2D eigenvalue weighted by Gasteiger charge is 2.18. The fourth-order valence-corrected chi connectivity index (χ4v) is 3.36. The molecule has 0 aliphatic carbocycles. The van der Waals surface area contributed by atoms with E-state index in [0.717, 1.165) is 21.3 Å². The van der Waals surface area contributed by atoms with Crippen LogP contribution in [0.4, 0.5) is 5.69 Å². The predicted octanol–water partition coefficient (Wildman–Crippen LogP) is 5.53. The number of anilines is 1. The van der Waals surface area contributed by atoms with Crippen LogP contribution in [0.5, 0.6) is 0 Å². The second-order valence-corrected chi connectivity index (χ2v) is 7.77. The zero-order chi connectivity index (χ0) is 17.8. The van der Waals surface area contributed by atoms with Crippen molar-refractivity contribution in [2.75, 3.05) is 5.32 Å². The maximum absolute atomic E-state index is 12.4. The lowest BCUT2D eigenvalue weighted by Gasteiger charge is -2.11. The summed E-state index contributed by atoms with van der Waals surface area (Å²) in [4.78, 5) is 16.7. The van der Waals surface area contributed by atoms with E-state index in [1.165, 1.54) is 11.8 Å².